The highest BCUT2D eigenvalue weighted by molar-refractivity contribution is 5.98. The molecule has 0 radical (unpaired) electrons. The molecule has 1 N–H and O–H groups in total. The molecule has 1 saturated heterocycles. The van der Waals surface area contributed by atoms with Crippen LogP contribution in [0.1, 0.15) is 30.8 Å². The second-order valence-electron chi connectivity index (χ2n) is 6.97. The van der Waals surface area contributed by atoms with Gasteiger partial charge in [0.25, 0.3) is 5.91 Å². The number of carbonyl (C=O) groups excluding carboxylic acids is 2. The smallest absolute Gasteiger partial charge is 0.290 e. The molecule has 144 valence electrons. The topological polar surface area (TPSA) is 65.8 Å². The summed E-state index contributed by atoms with van der Waals surface area (Å²) in [4.78, 5) is 28.8. The molecule has 1 fully saturated rings. The van der Waals surface area contributed by atoms with Crippen molar-refractivity contribution in [3.05, 3.63) is 48.4 Å². The molecule has 0 aliphatic carbocycles. The van der Waals surface area contributed by atoms with Crippen LogP contribution in [-0.2, 0) is 4.79 Å². The Bertz CT molecular complexity index is 764. The highest BCUT2D eigenvalue weighted by atomic mass is 16.3. The minimum Gasteiger partial charge on any atom is -0.459 e. The zero-order valence-corrected chi connectivity index (χ0v) is 16.0. The SMILES string of the molecule is CCC(C)NC(=O)CN1CCN(C(=O)c2occc2-c2ccccc2)CC1. The molecule has 1 atom stereocenters. The van der Waals surface area contributed by atoms with Gasteiger partial charge in [0, 0.05) is 37.8 Å². The molecule has 3 rings (SSSR count). The molecule has 2 heterocycles. The molecule has 0 spiro atoms. The summed E-state index contributed by atoms with van der Waals surface area (Å²) in [6.07, 6.45) is 2.48. The fourth-order valence-electron chi connectivity index (χ4n) is 3.20. The van der Waals surface area contributed by atoms with E-state index in [9.17, 15) is 9.59 Å². The lowest BCUT2D eigenvalue weighted by Gasteiger charge is -2.34. The van der Waals surface area contributed by atoms with E-state index in [0.717, 1.165) is 17.5 Å². The van der Waals surface area contributed by atoms with Gasteiger partial charge in [-0.15, -0.1) is 0 Å². The van der Waals surface area contributed by atoms with Crippen molar-refractivity contribution in [2.24, 2.45) is 0 Å². The third kappa shape index (κ3) is 4.77. The van der Waals surface area contributed by atoms with Crippen molar-refractivity contribution in [3.63, 3.8) is 0 Å². The summed E-state index contributed by atoms with van der Waals surface area (Å²) in [6, 6.07) is 11.8. The Morgan fingerprint density at radius 3 is 2.48 bits per heavy atom. The Hall–Kier alpha value is -2.60. The first-order valence-corrected chi connectivity index (χ1v) is 9.52. The minimum absolute atomic E-state index is 0.0431. The molecule has 2 amide bonds. The number of nitrogens with zero attached hydrogens (tertiary/aromatic N) is 2. The number of amides is 2. The number of furan rings is 1. The van der Waals surface area contributed by atoms with Crippen molar-refractivity contribution in [3.8, 4) is 11.1 Å². The molecular formula is C21H27N3O3. The lowest BCUT2D eigenvalue weighted by atomic mass is 10.1. The average molecular weight is 369 g/mol. The number of hydrogen-bond donors (Lipinski definition) is 1. The van der Waals surface area contributed by atoms with E-state index < -0.39 is 0 Å². The first-order valence-electron chi connectivity index (χ1n) is 9.52. The van der Waals surface area contributed by atoms with E-state index in [2.05, 4.69) is 10.2 Å². The van der Waals surface area contributed by atoms with Crippen LogP contribution in [0.5, 0.6) is 0 Å². The third-order valence-corrected chi connectivity index (χ3v) is 4.99. The monoisotopic (exact) mass is 369 g/mol. The summed E-state index contributed by atoms with van der Waals surface area (Å²) in [5.41, 5.74) is 1.78. The predicted molar refractivity (Wildman–Crippen MR) is 104 cm³/mol. The van der Waals surface area contributed by atoms with Crippen molar-refractivity contribution in [2.45, 2.75) is 26.3 Å². The number of hydrogen-bond acceptors (Lipinski definition) is 4. The van der Waals surface area contributed by atoms with Gasteiger partial charge in [-0.05, 0) is 25.0 Å². The van der Waals surface area contributed by atoms with Gasteiger partial charge >= 0.3 is 0 Å². The molecule has 0 bridgehead atoms. The van der Waals surface area contributed by atoms with Crippen molar-refractivity contribution < 1.29 is 14.0 Å². The van der Waals surface area contributed by atoms with Crippen LogP contribution >= 0.6 is 0 Å². The van der Waals surface area contributed by atoms with E-state index in [1.54, 1.807) is 11.2 Å². The maximum absolute atomic E-state index is 12.9. The van der Waals surface area contributed by atoms with Crippen LogP contribution < -0.4 is 5.32 Å². The lowest BCUT2D eigenvalue weighted by Crippen LogP contribution is -2.51. The first-order chi connectivity index (χ1) is 13.1. The van der Waals surface area contributed by atoms with E-state index in [1.807, 2.05) is 50.2 Å². The Balaban J connectivity index is 1.57. The fraction of sp³-hybridized carbons (Fsp3) is 0.429. The lowest BCUT2D eigenvalue weighted by molar-refractivity contribution is -0.123. The summed E-state index contributed by atoms with van der Waals surface area (Å²) in [6.45, 7) is 6.97. The van der Waals surface area contributed by atoms with Crippen molar-refractivity contribution >= 4 is 11.8 Å². The molecule has 1 unspecified atom stereocenters. The van der Waals surface area contributed by atoms with Crippen LogP contribution in [0.25, 0.3) is 11.1 Å². The first kappa shape index (κ1) is 19.2. The predicted octanol–water partition coefficient (Wildman–Crippen LogP) is 2.62. The van der Waals surface area contributed by atoms with Crippen molar-refractivity contribution in [2.75, 3.05) is 32.7 Å². The minimum atomic E-state index is -0.0949. The summed E-state index contributed by atoms with van der Waals surface area (Å²) >= 11 is 0. The van der Waals surface area contributed by atoms with Crippen molar-refractivity contribution in [1.82, 2.24) is 15.1 Å². The Morgan fingerprint density at radius 1 is 1.11 bits per heavy atom. The zero-order valence-electron chi connectivity index (χ0n) is 16.0. The van der Waals surface area contributed by atoms with Crippen LogP contribution in [0.4, 0.5) is 0 Å². The average Bonchev–Trinajstić information content (AvgIpc) is 3.18. The van der Waals surface area contributed by atoms with Gasteiger partial charge < -0.3 is 14.6 Å². The molecule has 2 aromatic rings. The van der Waals surface area contributed by atoms with Gasteiger partial charge in [0.2, 0.25) is 5.91 Å². The molecule has 6 nitrogen and oxygen atoms in total. The number of carbonyl (C=O) groups is 2. The molecule has 1 aliphatic rings. The quantitative estimate of drug-likeness (QED) is 0.850. The summed E-state index contributed by atoms with van der Waals surface area (Å²) in [5.74, 6) is 0.327. The van der Waals surface area contributed by atoms with Gasteiger partial charge in [-0.2, -0.15) is 0 Å². The molecule has 6 heteroatoms. The Kier molecular flexibility index (Phi) is 6.29. The number of rotatable bonds is 6. The number of nitrogens with one attached hydrogen (secondary N) is 1. The number of piperazine rings is 1. The fourth-order valence-corrected chi connectivity index (χ4v) is 3.20. The van der Waals surface area contributed by atoms with Crippen LogP contribution in [0, 0.1) is 0 Å². The summed E-state index contributed by atoms with van der Waals surface area (Å²) in [5, 5.41) is 2.98. The molecule has 0 saturated carbocycles. The van der Waals surface area contributed by atoms with E-state index in [4.69, 9.17) is 4.42 Å². The Labute approximate surface area is 160 Å². The van der Waals surface area contributed by atoms with Crippen molar-refractivity contribution in [1.29, 1.82) is 0 Å². The van der Waals surface area contributed by atoms with Crippen LogP contribution in [-0.4, -0.2) is 60.4 Å². The van der Waals surface area contributed by atoms with E-state index in [-0.39, 0.29) is 17.9 Å². The highest BCUT2D eigenvalue weighted by Gasteiger charge is 2.27. The van der Waals surface area contributed by atoms with Crippen LogP contribution in [0.15, 0.2) is 47.1 Å². The van der Waals surface area contributed by atoms with Crippen LogP contribution in [0.3, 0.4) is 0 Å². The van der Waals surface area contributed by atoms with E-state index >= 15 is 0 Å². The van der Waals surface area contributed by atoms with Crippen LogP contribution in [0.2, 0.25) is 0 Å². The zero-order chi connectivity index (χ0) is 19.2. The van der Waals surface area contributed by atoms with Gasteiger partial charge in [-0.3, -0.25) is 14.5 Å². The largest absolute Gasteiger partial charge is 0.459 e. The normalized spacial score (nSPS) is 16.1. The maximum atomic E-state index is 12.9. The highest BCUT2D eigenvalue weighted by Crippen LogP contribution is 2.26. The maximum Gasteiger partial charge on any atom is 0.290 e. The van der Waals surface area contributed by atoms with Gasteiger partial charge in [-0.1, -0.05) is 37.3 Å². The standard InChI is InChI=1S/C21H27N3O3/c1-3-16(2)22-19(25)15-23-10-12-24(13-11-23)21(26)20-18(9-14-27-20)17-7-5-4-6-8-17/h4-9,14,16H,3,10-13,15H2,1-2H3,(H,22,25). The summed E-state index contributed by atoms with van der Waals surface area (Å²) < 4.78 is 5.51. The van der Waals surface area contributed by atoms with Gasteiger partial charge in [0.05, 0.1) is 12.8 Å². The second kappa shape index (κ2) is 8.86. The van der Waals surface area contributed by atoms with E-state index in [0.29, 0.717) is 38.5 Å². The molecular weight excluding hydrogens is 342 g/mol. The molecule has 1 aromatic heterocycles. The second-order valence-corrected chi connectivity index (χ2v) is 6.97. The molecule has 27 heavy (non-hydrogen) atoms. The number of benzene rings is 1. The van der Waals surface area contributed by atoms with Gasteiger partial charge in [0.15, 0.2) is 5.76 Å². The van der Waals surface area contributed by atoms with Gasteiger partial charge in [0.1, 0.15) is 0 Å². The molecule has 1 aromatic carbocycles. The van der Waals surface area contributed by atoms with Gasteiger partial charge in [-0.25, -0.2) is 0 Å². The van der Waals surface area contributed by atoms with E-state index in [1.165, 1.54) is 0 Å². The Morgan fingerprint density at radius 2 is 1.81 bits per heavy atom. The summed E-state index contributed by atoms with van der Waals surface area (Å²) in [7, 11) is 0. The third-order valence-electron chi connectivity index (χ3n) is 4.99. The molecule has 1 aliphatic heterocycles.